The van der Waals surface area contributed by atoms with E-state index in [1.165, 1.54) is 18.3 Å². The first kappa shape index (κ1) is 19.7. The Balaban J connectivity index is 1.88. The Kier molecular flexibility index (Phi) is 5.46. The number of phenolic OH excluding ortho intramolecular Hbond substituents is 1. The van der Waals surface area contributed by atoms with Gasteiger partial charge in [-0.25, -0.2) is 9.37 Å². The molecule has 0 amide bonds. The van der Waals surface area contributed by atoms with Crippen molar-refractivity contribution in [1.82, 2.24) is 9.97 Å². The molecule has 1 unspecified atom stereocenters. The van der Waals surface area contributed by atoms with Crippen LogP contribution in [0.2, 0.25) is 15.1 Å². The third-order valence-electron chi connectivity index (χ3n) is 4.46. The van der Waals surface area contributed by atoms with Gasteiger partial charge in [-0.2, -0.15) is 0 Å². The monoisotopic (exact) mass is 447 g/mol. The number of phenols is 1. The number of halogens is 4. The third-order valence-corrected chi connectivity index (χ3v) is 5.50. The molecule has 2 aromatic heterocycles. The number of aromatic hydroxyl groups is 1. The highest BCUT2D eigenvalue weighted by Gasteiger charge is 2.23. The zero-order chi connectivity index (χ0) is 20.5. The number of nitrogens with one attached hydrogen (secondary N) is 1. The maximum Gasteiger partial charge on any atom is 0.147 e. The first-order valence-corrected chi connectivity index (χ1v) is 9.66. The summed E-state index contributed by atoms with van der Waals surface area (Å²) in [6.45, 7) is 0. The Morgan fingerprint density at radius 1 is 0.897 bits per heavy atom. The fourth-order valence-electron chi connectivity index (χ4n) is 3.08. The SMILES string of the molecule is Oc1c(C(Nc2cc(Cl)c(Cl)cn2)c2ccc(F)cc2Cl)ccc2cccnc12. The van der Waals surface area contributed by atoms with E-state index in [1.54, 1.807) is 30.5 Å². The number of rotatable bonds is 4. The molecule has 2 N–H and O–H groups in total. The molecule has 4 nitrogen and oxygen atoms in total. The molecule has 0 spiro atoms. The second kappa shape index (κ2) is 8.03. The van der Waals surface area contributed by atoms with Crippen molar-refractivity contribution in [3.63, 3.8) is 0 Å². The second-order valence-corrected chi connectivity index (χ2v) is 7.53. The molecule has 2 heterocycles. The average Bonchev–Trinajstić information content (AvgIpc) is 2.70. The summed E-state index contributed by atoms with van der Waals surface area (Å²) in [5.74, 6) is -0.0686. The molecule has 4 aromatic rings. The van der Waals surface area contributed by atoms with Crippen LogP contribution in [0.15, 0.2) is 60.9 Å². The van der Waals surface area contributed by atoms with Crippen molar-refractivity contribution in [2.45, 2.75) is 6.04 Å². The van der Waals surface area contributed by atoms with E-state index in [-0.39, 0.29) is 10.8 Å². The fraction of sp³-hybridized carbons (Fsp3) is 0.0476. The number of aromatic nitrogens is 2. The van der Waals surface area contributed by atoms with E-state index in [9.17, 15) is 9.50 Å². The smallest absolute Gasteiger partial charge is 0.147 e. The molecular formula is C21H13Cl3FN3O. The molecule has 8 heteroatoms. The van der Waals surface area contributed by atoms with Crippen LogP contribution in [0.3, 0.4) is 0 Å². The summed E-state index contributed by atoms with van der Waals surface area (Å²) in [6, 6.07) is 12.2. The van der Waals surface area contributed by atoms with Crippen molar-refractivity contribution in [2.24, 2.45) is 0 Å². The first-order chi connectivity index (χ1) is 13.9. The minimum atomic E-state index is -0.653. The number of pyridine rings is 2. The maximum absolute atomic E-state index is 13.6. The normalized spacial score (nSPS) is 12.1. The van der Waals surface area contributed by atoms with Crippen molar-refractivity contribution < 1.29 is 9.50 Å². The standard InChI is InChI=1S/C21H13Cl3FN3O/c22-15-8-12(25)4-6-13(15)20(28-18-9-16(23)17(24)10-27-18)14-5-3-11-2-1-7-26-19(11)21(14)29/h1-10,20,29H,(H,27,28). The molecule has 1 atom stereocenters. The van der Waals surface area contributed by atoms with Gasteiger partial charge in [-0.15, -0.1) is 0 Å². The Morgan fingerprint density at radius 3 is 2.45 bits per heavy atom. The Morgan fingerprint density at radius 2 is 1.69 bits per heavy atom. The van der Waals surface area contributed by atoms with Crippen molar-refractivity contribution >= 4 is 51.5 Å². The lowest BCUT2D eigenvalue weighted by atomic mass is 9.96. The summed E-state index contributed by atoms with van der Waals surface area (Å²) in [7, 11) is 0. The zero-order valence-electron chi connectivity index (χ0n) is 14.7. The Bertz CT molecular complexity index is 1220. The van der Waals surface area contributed by atoms with Crippen LogP contribution in [-0.4, -0.2) is 15.1 Å². The minimum absolute atomic E-state index is 0.0129. The maximum atomic E-state index is 13.6. The van der Waals surface area contributed by atoms with E-state index in [1.807, 2.05) is 12.1 Å². The van der Waals surface area contributed by atoms with Gasteiger partial charge in [-0.05, 0) is 23.8 Å². The fourth-order valence-corrected chi connectivity index (χ4v) is 3.61. The van der Waals surface area contributed by atoms with Gasteiger partial charge in [0.05, 0.1) is 16.1 Å². The number of anilines is 1. The Hall–Kier alpha value is -2.60. The summed E-state index contributed by atoms with van der Waals surface area (Å²) in [5, 5.41) is 15.7. The van der Waals surface area contributed by atoms with Gasteiger partial charge in [0, 0.05) is 34.4 Å². The molecule has 4 rings (SSSR count). The van der Waals surface area contributed by atoms with Gasteiger partial charge in [0.15, 0.2) is 0 Å². The van der Waals surface area contributed by atoms with Crippen LogP contribution in [0, 0.1) is 5.82 Å². The molecule has 29 heavy (non-hydrogen) atoms. The van der Waals surface area contributed by atoms with E-state index in [0.29, 0.717) is 32.5 Å². The van der Waals surface area contributed by atoms with Gasteiger partial charge in [-0.1, -0.05) is 59.1 Å². The predicted molar refractivity (Wildman–Crippen MR) is 115 cm³/mol. The van der Waals surface area contributed by atoms with Gasteiger partial charge in [-0.3, -0.25) is 4.98 Å². The van der Waals surface area contributed by atoms with Crippen LogP contribution in [-0.2, 0) is 0 Å². The molecule has 0 bridgehead atoms. The number of fused-ring (bicyclic) bond motifs is 1. The largest absolute Gasteiger partial charge is 0.505 e. The van der Waals surface area contributed by atoms with Crippen LogP contribution in [0.5, 0.6) is 5.75 Å². The summed E-state index contributed by atoms with van der Waals surface area (Å²) in [6.07, 6.45) is 3.01. The van der Waals surface area contributed by atoms with Crippen LogP contribution < -0.4 is 5.32 Å². The van der Waals surface area contributed by atoms with Crippen molar-refractivity contribution in [1.29, 1.82) is 0 Å². The van der Waals surface area contributed by atoms with Crippen LogP contribution >= 0.6 is 34.8 Å². The second-order valence-electron chi connectivity index (χ2n) is 6.31. The van der Waals surface area contributed by atoms with E-state index in [4.69, 9.17) is 34.8 Å². The molecule has 0 aliphatic heterocycles. The topological polar surface area (TPSA) is 58.0 Å². The molecule has 0 aliphatic carbocycles. The van der Waals surface area contributed by atoms with Crippen molar-refractivity contribution in [3.05, 3.63) is 92.9 Å². The molecule has 0 radical (unpaired) electrons. The van der Waals surface area contributed by atoms with Gasteiger partial charge >= 0.3 is 0 Å². The van der Waals surface area contributed by atoms with E-state index < -0.39 is 11.9 Å². The molecule has 0 aliphatic rings. The van der Waals surface area contributed by atoms with Crippen molar-refractivity contribution in [2.75, 3.05) is 5.32 Å². The molecular weight excluding hydrogens is 436 g/mol. The first-order valence-electron chi connectivity index (χ1n) is 8.53. The number of hydrogen-bond donors (Lipinski definition) is 2. The highest BCUT2D eigenvalue weighted by atomic mass is 35.5. The summed E-state index contributed by atoms with van der Waals surface area (Å²) in [5.41, 5.74) is 1.49. The number of hydrogen-bond acceptors (Lipinski definition) is 4. The molecule has 0 saturated carbocycles. The summed E-state index contributed by atoms with van der Waals surface area (Å²) in [4.78, 5) is 8.49. The van der Waals surface area contributed by atoms with E-state index >= 15 is 0 Å². The lowest BCUT2D eigenvalue weighted by Gasteiger charge is -2.23. The quantitative estimate of drug-likeness (QED) is 0.367. The highest BCUT2D eigenvalue weighted by Crippen LogP contribution is 2.39. The summed E-state index contributed by atoms with van der Waals surface area (Å²) >= 11 is 18.4. The molecule has 0 saturated heterocycles. The van der Waals surface area contributed by atoms with Gasteiger partial charge in [0.25, 0.3) is 0 Å². The number of nitrogens with zero attached hydrogens (tertiary/aromatic N) is 2. The third kappa shape index (κ3) is 3.94. The lowest BCUT2D eigenvalue weighted by Crippen LogP contribution is -2.14. The highest BCUT2D eigenvalue weighted by molar-refractivity contribution is 6.42. The number of benzene rings is 2. The van der Waals surface area contributed by atoms with Gasteiger partial charge in [0.1, 0.15) is 22.9 Å². The van der Waals surface area contributed by atoms with E-state index in [2.05, 4.69) is 15.3 Å². The Labute approximate surface area is 180 Å². The van der Waals surface area contributed by atoms with Gasteiger partial charge < -0.3 is 10.4 Å². The average molecular weight is 449 g/mol. The van der Waals surface area contributed by atoms with Crippen molar-refractivity contribution in [3.8, 4) is 5.75 Å². The molecule has 0 fully saturated rings. The van der Waals surface area contributed by atoms with Crippen LogP contribution in [0.25, 0.3) is 10.9 Å². The molecule has 2 aromatic carbocycles. The minimum Gasteiger partial charge on any atom is -0.505 e. The zero-order valence-corrected chi connectivity index (χ0v) is 17.0. The van der Waals surface area contributed by atoms with E-state index in [0.717, 1.165) is 5.39 Å². The summed E-state index contributed by atoms with van der Waals surface area (Å²) < 4.78 is 13.6. The molecule has 146 valence electrons. The van der Waals surface area contributed by atoms with Gasteiger partial charge in [0.2, 0.25) is 0 Å². The van der Waals surface area contributed by atoms with Crippen LogP contribution in [0.1, 0.15) is 17.2 Å². The lowest BCUT2D eigenvalue weighted by molar-refractivity contribution is 0.471. The van der Waals surface area contributed by atoms with Crippen LogP contribution in [0.4, 0.5) is 10.2 Å². The predicted octanol–water partition coefficient (Wildman–Crippen LogP) is 6.64.